The van der Waals surface area contributed by atoms with Gasteiger partial charge in [-0.15, -0.1) is 0 Å². The van der Waals surface area contributed by atoms with Crippen LogP contribution < -0.4 is 0 Å². The summed E-state index contributed by atoms with van der Waals surface area (Å²) in [7, 11) is 0. The third kappa shape index (κ3) is 12.5. The highest BCUT2D eigenvalue weighted by Crippen LogP contribution is 2.47. The molecule has 86 valence electrons. The van der Waals surface area contributed by atoms with Gasteiger partial charge in [0.05, 0.1) is 0 Å². The van der Waals surface area contributed by atoms with Crippen LogP contribution in [0.3, 0.4) is 0 Å². The molecule has 14 heavy (non-hydrogen) atoms. The Morgan fingerprint density at radius 3 is 1.79 bits per heavy atom. The average molecular weight is 239 g/mol. The molecule has 0 radical (unpaired) electrons. The van der Waals surface area contributed by atoms with Crippen molar-refractivity contribution in [3.8, 4) is 0 Å². The third-order valence-electron chi connectivity index (χ3n) is 2.41. The highest BCUT2D eigenvalue weighted by molar-refractivity contribution is 7.88. The van der Waals surface area contributed by atoms with E-state index in [1.807, 2.05) is 0 Å². The van der Waals surface area contributed by atoms with Gasteiger partial charge in [0.2, 0.25) is 0 Å². The van der Waals surface area contributed by atoms with Gasteiger partial charge in [-0.2, -0.15) is 0 Å². The van der Waals surface area contributed by atoms with Crippen molar-refractivity contribution in [3.05, 3.63) is 0 Å². The van der Waals surface area contributed by atoms with E-state index in [1.54, 1.807) is 6.66 Å². The van der Waals surface area contributed by atoms with Gasteiger partial charge in [0, 0.05) is 12.8 Å². The molecule has 0 aliphatic carbocycles. The zero-order valence-electron chi connectivity index (χ0n) is 9.60. The molecule has 1 nitrogen and oxygen atoms in total. The van der Waals surface area contributed by atoms with Crippen molar-refractivity contribution in [1.29, 1.82) is 0 Å². The van der Waals surface area contributed by atoms with Crippen molar-refractivity contribution in [3.63, 3.8) is 0 Å². The molecule has 0 heterocycles. The van der Waals surface area contributed by atoms with Gasteiger partial charge < -0.3 is 4.57 Å². The third-order valence-corrected chi connectivity index (χ3v) is 4.03. The van der Waals surface area contributed by atoms with E-state index in [4.69, 9.17) is 11.2 Å². The second kappa shape index (κ2) is 8.80. The molecule has 0 aliphatic rings. The van der Waals surface area contributed by atoms with E-state index in [9.17, 15) is 4.57 Å². The standard InChI is InChI=1S/C11H24ClOP/c1-3-4-5-6-7-8-9-10-11-14(2,12)13/h3-11H2,1-2H3. The lowest BCUT2D eigenvalue weighted by Crippen LogP contribution is -1.84. The molecular formula is C11H24ClOP. The predicted octanol–water partition coefficient (Wildman–Crippen LogP) is 5.27. The fraction of sp³-hybridized carbons (Fsp3) is 1.00. The number of hydrogen-bond donors (Lipinski definition) is 0. The van der Waals surface area contributed by atoms with E-state index in [-0.39, 0.29) is 0 Å². The van der Waals surface area contributed by atoms with Gasteiger partial charge >= 0.3 is 0 Å². The van der Waals surface area contributed by atoms with Crippen molar-refractivity contribution in [2.24, 2.45) is 0 Å². The first-order valence-electron chi connectivity index (χ1n) is 5.82. The summed E-state index contributed by atoms with van der Waals surface area (Å²) in [4.78, 5) is 0. The molecule has 0 bridgehead atoms. The summed E-state index contributed by atoms with van der Waals surface area (Å²) in [6.07, 6.45) is 11.0. The Kier molecular flexibility index (Phi) is 9.13. The number of hydrogen-bond acceptors (Lipinski definition) is 1. The molecule has 3 heteroatoms. The minimum absolute atomic E-state index is 0.712. The largest absolute Gasteiger partial charge is 0.307 e. The van der Waals surface area contributed by atoms with E-state index in [0.717, 1.165) is 6.42 Å². The zero-order valence-corrected chi connectivity index (χ0v) is 11.2. The summed E-state index contributed by atoms with van der Waals surface area (Å²) >= 11 is 5.67. The molecule has 0 aliphatic heterocycles. The monoisotopic (exact) mass is 238 g/mol. The van der Waals surface area contributed by atoms with Crippen molar-refractivity contribution < 1.29 is 4.57 Å². The maximum Gasteiger partial charge on any atom is 0.166 e. The number of unbranched alkanes of at least 4 members (excludes halogenated alkanes) is 7. The second-order valence-corrected chi connectivity index (χ2v) is 8.75. The zero-order chi connectivity index (χ0) is 10.9. The van der Waals surface area contributed by atoms with Crippen LogP contribution >= 0.6 is 17.7 Å². The van der Waals surface area contributed by atoms with Crippen molar-refractivity contribution in [1.82, 2.24) is 0 Å². The van der Waals surface area contributed by atoms with E-state index in [0.29, 0.717) is 6.16 Å². The Hall–Kier alpha value is 0.520. The van der Waals surface area contributed by atoms with Gasteiger partial charge in [-0.3, -0.25) is 0 Å². The molecule has 0 fully saturated rings. The molecule has 0 amide bonds. The lowest BCUT2D eigenvalue weighted by Gasteiger charge is -2.03. The fourth-order valence-electron chi connectivity index (χ4n) is 1.53. The smallest absolute Gasteiger partial charge is 0.166 e. The fourth-order valence-corrected chi connectivity index (χ4v) is 2.68. The van der Waals surface area contributed by atoms with Gasteiger partial charge in [0.15, 0.2) is 6.49 Å². The van der Waals surface area contributed by atoms with Gasteiger partial charge in [0.1, 0.15) is 0 Å². The van der Waals surface area contributed by atoms with Crippen LogP contribution in [0.4, 0.5) is 0 Å². The van der Waals surface area contributed by atoms with Crippen LogP contribution in [-0.4, -0.2) is 12.8 Å². The summed E-state index contributed by atoms with van der Waals surface area (Å²) in [6, 6.07) is 0. The molecule has 0 N–H and O–H groups in total. The Labute approximate surface area is 93.8 Å². The first kappa shape index (κ1) is 14.5. The Bertz CT molecular complexity index is 165. The highest BCUT2D eigenvalue weighted by atomic mass is 35.7. The van der Waals surface area contributed by atoms with E-state index < -0.39 is 6.49 Å². The summed E-state index contributed by atoms with van der Waals surface area (Å²) in [5, 5.41) is 0. The lowest BCUT2D eigenvalue weighted by atomic mass is 10.1. The lowest BCUT2D eigenvalue weighted by molar-refractivity contribution is 0.573. The number of rotatable bonds is 9. The van der Waals surface area contributed by atoms with Crippen molar-refractivity contribution in [2.45, 2.75) is 58.3 Å². The van der Waals surface area contributed by atoms with Gasteiger partial charge in [-0.05, 0) is 6.42 Å². The molecule has 0 aromatic rings. The molecule has 0 aromatic heterocycles. The van der Waals surface area contributed by atoms with Gasteiger partial charge in [0.25, 0.3) is 0 Å². The summed E-state index contributed by atoms with van der Waals surface area (Å²) in [5.74, 6) is 0. The Morgan fingerprint density at radius 2 is 1.36 bits per heavy atom. The van der Waals surface area contributed by atoms with Gasteiger partial charge in [-0.25, -0.2) is 0 Å². The minimum atomic E-state index is -2.26. The summed E-state index contributed by atoms with van der Waals surface area (Å²) in [6.45, 7) is 1.64. The first-order chi connectivity index (χ1) is 6.56. The minimum Gasteiger partial charge on any atom is -0.307 e. The molecular weight excluding hydrogens is 215 g/mol. The van der Waals surface area contributed by atoms with Crippen molar-refractivity contribution >= 4 is 17.7 Å². The van der Waals surface area contributed by atoms with Crippen LogP contribution in [-0.2, 0) is 4.57 Å². The van der Waals surface area contributed by atoms with Crippen LogP contribution in [0.15, 0.2) is 0 Å². The van der Waals surface area contributed by atoms with E-state index >= 15 is 0 Å². The molecule has 1 atom stereocenters. The summed E-state index contributed by atoms with van der Waals surface area (Å²) in [5.41, 5.74) is 0. The molecule has 0 rings (SSSR count). The molecule has 0 saturated heterocycles. The van der Waals surface area contributed by atoms with Crippen LogP contribution in [0.2, 0.25) is 0 Å². The summed E-state index contributed by atoms with van der Waals surface area (Å²) < 4.78 is 11.2. The molecule has 0 saturated carbocycles. The molecule has 0 aromatic carbocycles. The van der Waals surface area contributed by atoms with Crippen molar-refractivity contribution in [2.75, 3.05) is 12.8 Å². The highest BCUT2D eigenvalue weighted by Gasteiger charge is 2.08. The van der Waals surface area contributed by atoms with E-state index in [2.05, 4.69) is 6.92 Å². The second-order valence-electron chi connectivity index (χ2n) is 4.18. The Balaban J connectivity index is 3.03. The Morgan fingerprint density at radius 1 is 0.929 bits per heavy atom. The average Bonchev–Trinajstić information content (AvgIpc) is 2.08. The predicted molar refractivity (Wildman–Crippen MR) is 66.9 cm³/mol. The maximum atomic E-state index is 11.2. The first-order valence-corrected chi connectivity index (χ1v) is 9.07. The van der Waals surface area contributed by atoms with Crippen LogP contribution in [0, 0.1) is 0 Å². The molecule has 1 unspecified atom stereocenters. The van der Waals surface area contributed by atoms with Gasteiger partial charge in [-0.1, -0.05) is 63.1 Å². The van der Waals surface area contributed by atoms with Crippen LogP contribution in [0.25, 0.3) is 0 Å². The topological polar surface area (TPSA) is 17.1 Å². The quantitative estimate of drug-likeness (QED) is 0.395. The maximum absolute atomic E-state index is 11.2. The van der Waals surface area contributed by atoms with E-state index in [1.165, 1.54) is 44.9 Å². The van der Waals surface area contributed by atoms with Crippen LogP contribution in [0.1, 0.15) is 58.3 Å². The molecule has 0 spiro atoms. The SMILES string of the molecule is CCCCCCCCCCP(C)(=O)Cl. The number of halogens is 1. The van der Waals surface area contributed by atoms with Crippen LogP contribution in [0.5, 0.6) is 0 Å². The normalized spacial score (nSPS) is 15.4.